The highest BCUT2D eigenvalue weighted by molar-refractivity contribution is 7.22. The third kappa shape index (κ3) is 3.33. The number of thiazole rings is 1. The standard InChI is InChI=1S/C28H19FN2O4S/c1-14-11-15(2)23-21(12-14)36-28(30-23)31-24(17-8-4-5-9-18(17)29)22(26(33)27(31)34)25(32)20-13-16-7-3-6-10-19(16)35-20/h3-13,24,33H,1-2H3. The molecule has 8 heteroatoms. The molecule has 1 aliphatic heterocycles. The first-order valence-electron chi connectivity index (χ1n) is 11.3. The first kappa shape index (κ1) is 22.2. The second-order valence-electron chi connectivity index (χ2n) is 8.76. The molecule has 0 bridgehead atoms. The van der Waals surface area contributed by atoms with E-state index in [1.807, 2.05) is 32.0 Å². The summed E-state index contributed by atoms with van der Waals surface area (Å²) >= 11 is 1.25. The van der Waals surface area contributed by atoms with Gasteiger partial charge in [-0.1, -0.05) is 53.8 Å². The maximum absolute atomic E-state index is 15.1. The van der Waals surface area contributed by atoms with Gasteiger partial charge in [0.15, 0.2) is 16.7 Å². The van der Waals surface area contributed by atoms with Gasteiger partial charge in [0, 0.05) is 10.9 Å². The fourth-order valence-electron chi connectivity index (χ4n) is 4.71. The second kappa shape index (κ2) is 8.13. The van der Waals surface area contributed by atoms with Crippen molar-refractivity contribution in [1.29, 1.82) is 0 Å². The number of hydrogen-bond acceptors (Lipinski definition) is 6. The Morgan fingerprint density at radius 3 is 2.61 bits per heavy atom. The van der Waals surface area contributed by atoms with Crippen molar-refractivity contribution in [3.8, 4) is 0 Å². The number of furan rings is 1. The van der Waals surface area contributed by atoms with Crippen molar-refractivity contribution in [1.82, 2.24) is 4.98 Å². The number of aliphatic hydroxyl groups is 1. The molecule has 6 rings (SSSR count). The van der Waals surface area contributed by atoms with Crippen molar-refractivity contribution in [3.05, 3.63) is 106 Å². The quantitative estimate of drug-likeness (QED) is 0.283. The topological polar surface area (TPSA) is 83.6 Å². The largest absolute Gasteiger partial charge is 0.503 e. The fourth-order valence-corrected chi connectivity index (χ4v) is 5.88. The highest BCUT2D eigenvalue weighted by Gasteiger charge is 2.47. The van der Waals surface area contributed by atoms with Crippen LogP contribution >= 0.6 is 11.3 Å². The van der Waals surface area contributed by atoms with Crippen molar-refractivity contribution in [2.75, 3.05) is 4.90 Å². The van der Waals surface area contributed by atoms with Crippen LogP contribution in [0.3, 0.4) is 0 Å². The van der Waals surface area contributed by atoms with Crippen LogP contribution < -0.4 is 4.90 Å². The molecule has 0 fully saturated rings. The summed E-state index contributed by atoms with van der Waals surface area (Å²) in [5.74, 6) is -2.93. The van der Waals surface area contributed by atoms with Crippen LogP contribution in [-0.2, 0) is 4.79 Å². The van der Waals surface area contributed by atoms with Crippen molar-refractivity contribution in [2.24, 2.45) is 0 Å². The zero-order chi connectivity index (χ0) is 25.1. The average molecular weight is 499 g/mol. The summed E-state index contributed by atoms with van der Waals surface area (Å²) in [5.41, 5.74) is 2.98. The summed E-state index contributed by atoms with van der Waals surface area (Å²) in [6.07, 6.45) is 0. The number of aromatic nitrogens is 1. The van der Waals surface area contributed by atoms with E-state index in [9.17, 15) is 14.7 Å². The highest BCUT2D eigenvalue weighted by Crippen LogP contribution is 2.45. The van der Waals surface area contributed by atoms with Crippen LogP contribution in [0.25, 0.3) is 21.2 Å². The third-order valence-corrected chi connectivity index (χ3v) is 7.33. The number of amides is 1. The van der Waals surface area contributed by atoms with Gasteiger partial charge in [0.25, 0.3) is 5.91 Å². The van der Waals surface area contributed by atoms with Gasteiger partial charge in [0.1, 0.15) is 17.4 Å². The van der Waals surface area contributed by atoms with Gasteiger partial charge < -0.3 is 9.52 Å². The number of ketones is 1. The number of fused-ring (bicyclic) bond motifs is 2. The molecular weight excluding hydrogens is 479 g/mol. The normalized spacial score (nSPS) is 16.0. The van der Waals surface area contributed by atoms with Gasteiger partial charge >= 0.3 is 0 Å². The molecule has 2 aromatic heterocycles. The number of nitrogens with zero attached hydrogens (tertiary/aromatic N) is 2. The Hall–Kier alpha value is -4.30. The number of benzene rings is 3. The molecular formula is C28H19FN2O4S. The minimum absolute atomic E-state index is 0.0514. The molecule has 0 saturated carbocycles. The summed E-state index contributed by atoms with van der Waals surface area (Å²) in [6.45, 7) is 3.89. The lowest BCUT2D eigenvalue weighted by molar-refractivity contribution is -0.117. The second-order valence-corrected chi connectivity index (χ2v) is 9.77. The Bertz CT molecular complexity index is 1720. The third-order valence-electron chi connectivity index (χ3n) is 6.33. The van der Waals surface area contributed by atoms with Gasteiger partial charge in [-0.2, -0.15) is 0 Å². The van der Waals surface area contributed by atoms with E-state index in [1.165, 1.54) is 34.4 Å². The molecule has 0 saturated heterocycles. The molecule has 1 aliphatic rings. The Morgan fingerprint density at radius 1 is 1.08 bits per heavy atom. The lowest BCUT2D eigenvalue weighted by Gasteiger charge is -2.24. The van der Waals surface area contributed by atoms with E-state index in [0.717, 1.165) is 15.8 Å². The molecule has 36 heavy (non-hydrogen) atoms. The van der Waals surface area contributed by atoms with Crippen LogP contribution in [-0.4, -0.2) is 21.8 Å². The molecule has 0 spiro atoms. The van der Waals surface area contributed by atoms with Gasteiger partial charge in [0.2, 0.25) is 5.78 Å². The zero-order valence-corrected chi connectivity index (χ0v) is 20.1. The van der Waals surface area contributed by atoms with Crippen molar-refractivity contribution in [2.45, 2.75) is 19.9 Å². The van der Waals surface area contributed by atoms with Crippen LogP contribution in [0.2, 0.25) is 0 Å². The number of aryl methyl sites for hydroxylation is 2. The molecule has 6 nitrogen and oxygen atoms in total. The number of halogens is 1. The Kier molecular flexibility index (Phi) is 5.01. The van der Waals surface area contributed by atoms with Crippen LogP contribution in [0.1, 0.15) is 33.3 Å². The van der Waals surface area contributed by atoms with Crippen LogP contribution in [0.4, 0.5) is 9.52 Å². The Labute approximate surface area is 208 Å². The number of aliphatic hydroxyl groups excluding tert-OH is 1. The minimum atomic E-state index is -1.22. The molecule has 178 valence electrons. The first-order valence-corrected chi connectivity index (χ1v) is 12.1. The van der Waals surface area contributed by atoms with E-state index in [1.54, 1.807) is 30.3 Å². The molecule has 0 aliphatic carbocycles. The summed E-state index contributed by atoms with van der Waals surface area (Å²) in [5, 5.41) is 11.9. The lowest BCUT2D eigenvalue weighted by atomic mass is 9.95. The smallest absolute Gasteiger partial charge is 0.296 e. The monoisotopic (exact) mass is 498 g/mol. The van der Waals surface area contributed by atoms with Crippen LogP contribution in [0.15, 0.2) is 82.5 Å². The molecule has 0 radical (unpaired) electrons. The summed E-state index contributed by atoms with van der Waals surface area (Å²) in [4.78, 5) is 33.0. The molecule has 3 aromatic carbocycles. The lowest BCUT2D eigenvalue weighted by Crippen LogP contribution is -2.31. The van der Waals surface area contributed by atoms with Gasteiger partial charge in [0.05, 0.1) is 15.8 Å². The predicted octanol–water partition coefficient (Wildman–Crippen LogP) is 6.58. The van der Waals surface area contributed by atoms with Crippen LogP contribution in [0.5, 0.6) is 0 Å². The van der Waals surface area contributed by atoms with Crippen LogP contribution in [0, 0.1) is 19.7 Å². The molecule has 1 amide bonds. The number of hydrogen-bond donors (Lipinski definition) is 1. The number of para-hydroxylation sites is 1. The highest BCUT2D eigenvalue weighted by atomic mass is 32.1. The summed E-state index contributed by atoms with van der Waals surface area (Å²) < 4.78 is 21.7. The maximum atomic E-state index is 15.1. The molecule has 1 atom stereocenters. The van der Waals surface area contributed by atoms with E-state index in [0.29, 0.717) is 16.5 Å². The average Bonchev–Trinajstić information content (AvgIpc) is 3.54. The number of rotatable bonds is 4. The van der Waals surface area contributed by atoms with E-state index < -0.39 is 29.3 Å². The predicted molar refractivity (Wildman–Crippen MR) is 136 cm³/mol. The van der Waals surface area contributed by atoms with Gasteiger partial charge in [-0.3, -0.25) is 14.5 Å². The van der Waals surface area contributed by atoms with E-state index in [4.69, 9.17) is 4.42 Å². The number of Topliss-reactive ketones (excluding diaryl/α,β-unsaturated/α-hetero) is 1. The van der Waals surface area contributed by atoms with E-state index in [2.05, 4.69) is 4.98 Å². The van der Waals surface area contributed by atoms with Crippen molar-refractivity contribution >= 4 is 49.3 Å². The van der Waals surface area contributed by atoms with Crippen molar-refractivity contribution in [3.63, 3.8) is 0 Å². The molecule has 1 N–H and O–H groups in total. The summed E-state index contributed by atoms with van der Waals surface area (Å²) in [7, 11) is 0. The minimum Gasteiger partial charge on any atom is -0.503 e. The molecule has 1 unspecified atom stereocenters. The number of carbonyl (C=O) groups is 2. The zero-order valence-electron chi connectivity index (χ0n) is 19.3. The number of carbonyl (C=O) groups excluding carboxylic acids is 2. The SMILES string of the molecule is Cc1cc(C)c2nc(N3C(=O)C(O)=C(C(=O)c4cc5ccccc5o4)C3c3ccccc3F)sc2c1. The van der Waals surface area contributed by atoms with E-state index >= 15 is 4.39 Å². The maximum Gasteiger partial charge on any atom is 0.296 e. The Balaban J connectivity index is 1.54. The fraction of sp³-hybridized carbons (Fsp3) is 0.107. The number of anilines is 1. The molecule has 5 aromatic rings. The molecule has 3 heterocycles. The van der Waals surface area contributed by atoms with E-state index in [-0.39, 0.29) is 22.0 Å². The first-order chi connectivity index (χ1) is 17.3. The van der Waals surface area contributed by atoms with Crippen molar-refractivity contribution < 1.29 is 23.5 Å². The Morgan fingerprint density at radius 2 is 1.83 bits per heavy atom. The van der Waals surface area contributed by atoms with Gasteiger partial charge in [-0.05, 0) is 49.2 Å². The van der Waals surface area contributed by atoms with Gasteiger partial charge in [-0.25, -0.2) is 9.37 Å². The van der Waals surface area contributed by atoms with Gasteiger partial charge in [-0.15, -0.1) is 0 Å². The summed E-state index contributed by atoms with van der Waals surface area (Å²) in [6, 6.07) is 17.2.